The molecular weight excluding hydrogens is 160 g/mol. The van der Waals surface area contributed by atoms with Crippen LogP contribution in [0.5, 0.6) is 0 Å². The SMILES string of the molecule is O=[N+]([O-])O.[K+].[O-]B(O)O. The van der Waals surface area contributed by atoms with Crippen molar-refractivity contribution in [1.82, 2.24) is 0 Å². The molecule has 0 aromatic rings. The molecule has 0 aromatic carbocycles. The molecule has 0 bridgehead atoms. The topological polar surface area (TPSA) is 127 Å². The van der Waals surface area contributed by atoms with E-state index in [0.717, 1.165) is 0 Å². The zero-order chi connectivity index (χ0) is 7.15. The molecule has 0 saturated heterocycles. The summed E-state index contributed by atoms with van der Waals surface area (Å²) < 4.78 is 0. The van der Waals surface area contributed by atoms with Gasteiger partial charge in [-0.05, 0) is 0 Å². The fourth-order valence-corrected chi connectivity index (χ4v) is 0. The van der Waals surface area contributed by atoms with Crippen molar-refractivity contribution < 1.29 is 76.8 Å². The Balaban J connectivity index is -0.0000000720. The van der Waals surface area contributed by atoms with Crippen LogP contribution in [0.1, 0.15) is 0 Å². The molecule has 0 unspecified atom stereocenters. The van der Waals surface area contributed by atoms with Crippen molar-refractivity contribution in [2.45, 2.75) is 0 Å². The number of hydrogen-bond donors (Lipinski definition) is 3. The van der Waals surface area contributed by atoms with Crippen molar-refractivity contribution >= 4 is 7.32 Å². The summed E-state index contributed by atoms with van der Waals surface area (Å²) in [6, 6.07) is 0. The summed E-state index contributed by atoms with van der Waals surface area (Å²) in [5, 5.41) is 36.4. The Morgan fingerprint density at radius 3 is 1.44 bits per heavy atom. The van der Waals surface area contributed by atoms with Crippen LogP contribution in [0.25, 0.3) is 0 Å². The second-order valence-corrected chi connectivity index (χ2v) is 0.564. The van der Waals surface area contributed by atoms with E-state index in [2.05, 4.69) is 0 Å². The second kappa shape index (κ2) is 11.6. The van der Waals surface area contributed by atoms with Crippen LogP contribution in [-0.4, -0.2) is 27.7 Å². The maximum atomic E-state index is 8.64. The van der Waals surface area contributed by atoms with Gasteiger partial charge in [-0.2, -0.15) is 0 Å². The van der Waals surface area contributed by atoms with Crippen molar-refractivity contribution in [2.75, 3.05) is 0 Å². The van der Waals surface area contributed by atoms with Crippen LogP contribution in [0, 0.1) is 10.1 Å². The normalized spacial score (nSPS) is 5.67. The standard InChI is InChI=1S/BH2O3.K.HNO3/c2-1(3)4;;2-1(3)4/h2-3H;;(H,2,3,4)/q-1;+1;. The molecule has 0 spiro atoms. The average Bonchev–Trinajstić information content (AvgIpc) is 1.25. The van der Waals surface area contributed by atoms with E-state index < -0.39 is 12.4 Å². The number of hydrogen-bond acceptors (Lipinski definition) is 5. The van der Waals surface area contributed by atoms with Crippen molar-refractivity contribution in [3.8, 4) is 0 Å². The summed E-state index contributed by atoms with van der Waals surface area (Å²) in [4.78, 5) is 8.36. The number of nitrogens with zero attached hydrogens (tertiary/aromatic N) is 1. The summed E-state index contributed by atoms with van der Waals surface area (Å²) >= 11 is 0. The Labute approximate surface area is 93.0 Å². The predicted molar refractivity (Wildman–Crippen MR) is 19.0 cm³/mol. The van der Waals surface area contributed by atoms with Crippen molar-refractivity contribution in [1.29, 1.82) is 0 Å². The Morgan fingerprint density at radius 2 is 1.44 bits per heavy atom. The van der Waals surface area contributed by atoms with Crippen LogP contribution < -0.4 is 56.4 Å². The largest absolute Gasteiger partial charge is 1.00 e. The van der Waals surface area contributed by atoms with Gasteiger partial charge in [0.15, 0.2) is 0 Å². The van der Waals surface area contributed by atoms with Crippen LogP contribution in [0.2, 0.25) is 0 Å². The summed E-state index contributed by atoms with van der Waals surface area (Å²) in [6.07, 6.45) is 0. The minimum atomic E-state index is -2.42. The van der Waals surface area contributed by atoms with Gasteiger partial charge in [0.1, 0.15) is 0 Å². The fraction of sp³-hybridized carbons (Fsp3) is 0. The molecule has 0 heterocycles. The molecule has 9 heteroatoms. The maximum Gasteiger partial charge on any atom is 1.00 e. The van der Waals surface area contributed by atoms with Gasteiger partial charge >= 0.3 is 58.7 Å². The summed E-state index contributed by atoms with van der Waals surface area (Å²) in [5.74, 6) is 0. The van der Waals surface area contributed by atoms with Crippen LogP contribution in [0.3, 0.4) is 0 Å². The first-order valence-electron chi connectivity index (χ1n) is 1.32. The third-order valence-electron chi connectivity index (χ3n) is 0. The zero-order valence-corrected chi connectivity index (χ0v) is 7.71. The van der Waals surface area contributed by atoms with Crippen LogP contribution in [0.15, 0.2) is 0 Å². The molecule has 0 fully saturated rings. The smallest absolute Gasteiger partial charge is 0.832 e. The molecule has 9 heavy (non-hydrogen) atoms. The molecule has 3 N–H and O–H groups in total. The van der Waals surface area contributed by atoms with Crippen molar-refractivity contribution in [3.05, 3.63) is 10.1 Å². The fourth-order valence-electron chi connectivity index (χ4n) is 0. The molecule has 0 radical (unpaired) electrons. The van der Waals surface area contributed by atoms with Crippen LogP contribution in [0.4, 0.5) is 0 Å². The van der Waals surface area contributed by atoms with Gasteiger partial charge in [0.05, 0.1) is 0 Å². The summed E-state index contributed by atoms with van der Waals surface area (Å²) in [7, 11) is -2.42. The molecule has 0 aliphatic heterocycles. The van der Waals surface area contributed by atoms with Gasteiger partial charge in [0, 0.05) is 0 Å². The van der Waals surface area contributed by atoms with E-state index in [0.29, 0.717) is 0 Å². The minimum absolute atomic E-state index is 0. The third-order valence-corrected chi connectivity index (χ3v) is 0. The van der Waals surface area contributed by atoms with Gasteiger partial charge in [-0.3, -0.25) is 0 Å². The first-order chi connectivity index (χ1) is 3.46. The van der Waals surface area contributed by atoms with E-state index in [9.17, 15) is 0 Å². The van der Waals surface area contributed by atoms with E-state index in [1.54, 1.807) is 0 Å². The van der Waals surface area contributed by atoms with E-state index in [4.69, 9.17) is 30.4 Å². The van der Waals surface area contributed by atoms with Gasteiger partial charge < -0.3 is 20.3 Å². The third kappa shape index (κ3) is 662. The Kier molecular flexibility index (Phi) is 21.1. The molecule has 0 aromatic heterocycles. The van der Waals surface area contributed by atoms with E-state index >= 15 is 0 Å². The predicted octanol–water partition coefficient (Wildman–Crippen LogP) is -6.03. The molecular formula is H3BKNO6. The Hall–Kier alpha value is 0.781. The van der Waals surface area contributed by atoms with E-state index in [1.807, 2.05) is 0 Å². The van der Waals surface area contributed by atoms with E-state index in [1.165, 1.54) is 0 Å². The van der Waals surface area contributed by atoms with Gasteiger partial charge in [-0.1, -0.05) is 0 Å². The minimum Gasteiger partial charge on any atom is -0.832 e. The molecule has 0 saturated carbocycles. The zero-order valence-electron chi connectivity index (χ0n) is 4.59. The van der Waals surface area contributed by atoms with E-state index in [-0.39, 0.29) is 51.4 Å². The summed E-state index contributed by atoms with van der Waals surface area (Å²) in [5.41, 5.74) is 0. The molecule has 7 nitrogen and oxygen atoms in total. The second-order valence-electron chi connectivity index (χ2n) is 0.564. The monoisotopic (exact) mass is 163 g/mol. The molecule has 0 amide bonds. The molecule has 48 valence electrons. The average molecular weight is 163 g/mol. The first-order valence-corrected chi connectivity index (χ1v) is 1.32. The number of rotatable bonds is 0. The van der Waals surface area contributed by atoms with Crippen LogP contribution in [-0.2, 0) is 0 Å². The van der Waals surface area contributed by atoms with Crippen molar-refractivity contribution in [2.24, 2.45) is 0 Å². The maximum absolute atomic E-state index is 8.64. The Morgan fingerprint density at radius 1 is 1.44 bits per heavy atom. The molecule has 0 aliphatic rings. The quantitative estimate of drug-likeness (QED) is 0.185. The van der Waals surface area contributed by atoms with Gasteiger partial charge in [0.25, 0.3) is 5.09 Å². The van der Waals surface area contributed by atoms with Crippen molar-refractivity contribution in [3.63, 3.8) is 0 Å². The Bertz CT molecular complexity index is 57.3. The molecule has 0 atom stereocenters. The summed E-state index contributed by atoms with van der Waals surface area (Å²) in [6.45, 7) is 0. The van der Waals surface area contributed by atoms with Crippen LogP contribution >= 0.6 is 0 Å². The molecule has 0 aliphatic carbocycles. The first kappa shape index (κ1) is 16.4. The van der Waals surface area contributed by atoms with Gasteiger partial charge in [-0.15, -0.1) is 10.1 Å². The van der Waals surface area contributed by atoms with Gasteiger partial charge in [-0.25, -0.2) is 0 Å². The molecule has 0 rings (SSSR count). The van der Waals surface area contributed by atoms with Gasteiger partial charge in [0.2, 0.25) is 0 Å².